The Balaban J connectivity index is 2.27. The summed E-state index contributed by atoms with van der Waals surface area (Å²) >= 11 is 1.41. The number of carbonyl (C=O) groups is 1. The van der Waals surface area contributed by atoms with E-state index in [0.29, 0.717) is 28.7 Å². The van der Waals surface area contributed by atoms with Crippen molar-refractivity contribution in [3.63, 3.8) is 0 Å². The van der Waals surface area contributed by atoms with Crippen LogP contribution in [0.15, 0.2) is 24.4 Å². The maximum atomic E-state index is 12.2. The summed E-state index contributed by atoms with van der Waals surface area (Å²) < 4.78 is 5.42. The third kappa shape index (κ3) is 3.03. The molecule has 100 valence electrons. The van der Waals surface area contributed by atoms with Crippen molar-refractivity contribution in [1.29, 1.82) is 0 Å². The smallest absolute Gasteiger partial charge is 0.263 e. The van der Waals surface area contributed by atoms with Gasteiger partial charge in [-0.2, -0.15) is 0 Å². The van der Waals surface area contributed by atoms with E-state index in [4.69, 9.17) is 10.5 Å². The van der Waals surface area contributed by atoms with Gasteiger partial charge < -0.3 is 10.5 Å². The number of benzene rings is 1. The van der Waals surface area contributed by atoms with E-state index in [-0.39, 0.29) is 5.91 Å². The highest BCUT2D eigenvalue weighted by atomic mass is 32.1. The van der Waals surface area contributed by atoms with Crippen molar-refractivity contribution < 1.29 is 9.53 Å². The number of hydrogen-bond donors (Lipinski definition) is 2. The molecule has 0 aliphatic rings. The van der Waals surface area contributed by atoms with Gasteiger partial charge >= 0.3 is 0 Å². The van der Waals surface area contributed by atoms with E-state index in [1.165, 1.54) is 11.3 Å². The minimum atomic E-state index is -0.309. The van der Waals surface area contributed by atoms with Gasteiger partial charge in [-0.05, 0) is 26.0 Å². The number of carbonyl (C=O) groups excluding carboxylic acids is 1. The van der Waals surface area contributed by atoms with Gasteiger partial charge in [0.2, 0.25) is 0 Å². The highest BCUT2D eigenvalue weighted by Gasteiger charge is 2.17. The van der Waals surface area contributed by atoms with Gasteiger partial charge in [0.15, 0.2) is 5.13 Å². The van der Waals surface area contributed by atoms with Crippen molar-refractivity contribution in [2.24, 2.45) is 0 Å². The number of aryl methyl sites for hydroxylation is 1. The first-order valence-corrected chi connectivity index (χ1v) is 6.68. The van der Waals surface area contributed by atoms with E-state index in [1.807, 2.05) is 13.8 Å². The fraction of sp³-hybridized carbons (Fsp3) is 0.231. The highest BCUT2D eigenvalue weighted by molar-refractivity contribution is 7.15. The van der Waals surface area contributed by atoms with E-state index in [0.717, 1.165) is 4.88 Å². The van der Waals surface area contributed by atoms with Gasteiger partial charge in [-0.3, -0.25) is 10.1 Å². The SMILES string of the molecule is CCOc1cccc(N)c1C(=O)Nc1ncc(C)s1. The Morgan fingerprint density at radius 1 is 1.53 bits per heavy atom. The minimum absolute atomic E-state index is 0.309. The molecule has 0 fully saturated rings. The lowest BCUT2D eigenvalue weighted by Crippen LogP contribution is -2.15. The van der Waals surface area contributed by atoms with E-state index in [9.17, 15) is 4.79 Å². The summed E-state index contributed by atoms with van der Waals surface area (Å²) in [5.74, 6) is 0.171. The second-order valence-electron chi connectivity index (χ2n) is 3.88. The number of anilines is 2. The van der Waals surface area contributed by atoms with Crippen LogP contribution in [0.4, 0.5) is 10.8 Å². The van der Waals surface area contributed by atoms with Crippen LogP contribution in [0.5, 0.6) is 5.75 Å². The number of rotatable bonds is 4. The van der Waals surface area contributed by atoms with Crippen LogP contribution in [0.3, 0.4) is 0 Å². The van der Waals surface area contributed by atoms with Crippen LogP contribution >= 0.6 is 11.3 Å². The summed E-state index contributed by atoms with van der Waals surface area (Å²) in [5, 5.41) is 3.28. The van der Waals surface area contributed by atoms with Crippen LogP contribution in [0.25, 0.3) is 0 Å². The van der Waals surface area contributed by atoms with Crippen molar-refractivity contribution in [2.75, 3.05) is 17.7 Å². The molecule has 0 unspecified atom stereocenters. The van der Waals surface area contributed by atoms with Crippen molar-refractivity contribution in [3.8, 4) is 5.75 Å². The standard InChI is InChI=1S/C13H15N3O2S/c1-3-18-10-6-4-5-9(14)11(10)12(17)16-13-15-7-8(2)19-13/h4-7H,3,14H2,1-2H3,(H,15,16,17). The molecule has 0 radical (unpaired) electrons. The molecule has 5 nitrogen and oxygen atoms in total. The van der Waals surface area contributed by atoms with E-state index in [2.05, 4.69) is 10.3 Å². The topological polar surface area (TPSA) is 77.2 Å². The molecule has 1 aromatic carbocycles. The largest absolute Gasteiger partial charge is 0.493 e. The number of amides is 1. The molecule has 2 rings (SSSR count). The second kappa shape index (κ2) is 5.71. The number of nitrogen functional groups attached to an aromatic ring is 1. The molecule has 0 atom stereocenters. The van der Waals surface area contributed by atoms with Gasteiger partial charge in [-0.1, -0.05) is 6.07 Å². The van der Waals surface area contributed by atoms with Crippen LogP contribution < -0.4 is 15.8 Å². The van der Waals surface area contributed by atoms with Crippen molar-refractivity contribution in [1.82, 2.24) is 4.98 Å². The van der Waals surface area contributed by atoms with Crippen molar-refractivity contribution >= 4 is 28.1 Å². The van der Waals surface area contributed by atoms with E-state index >= 15 is 0 Å². The highest BCUT2D eigenvalue weighted by Crippen LogP contribution is 2.26. The molecule has 1 heterocycles. The number of nitrogens with one attached hydrogen (secondary N) is 1. The molecule has 0 aliphatic carbocycles. The molecular weight excluding hydrogens is 262 g/mol. The lowest BCUT2D eigenvalue weighted by atomic mass is 10.1. The summed E-state index contributed by atoms with van der Waals surface area (Å²) in [4.78, 5) is 17.4. The molecule has 0 saturated carbocycles. The van der Waals surface area contributed by atoms with Gasteiger partial charge in [0.1, 0.15) is 11.3 Å². The third-order valence-electron chi connectivity index (χ3n) is 2.43. The Kier molecular flexibility index (Phi) is 4.01. The number of thiazole rings is 1. The van der Waals surface area contributed by atoms with Crippen molar-refractivity contribution in [2.45, 2.75) is 13.8 Å². The molecular formula is C13H15N3O2S. The summed E-state index contributed by atoms with van der Waals surface area (Å²) in [5.41, 5.74) is 6.58. The summed E-state index contributed by atoms with van der Waals surface area (Å²) in [6.45, 7) is 4.25. The first kappa shape index (κ1) is 13.4. The van der Waals surface area contributed by atoms with Crippen LogP contribution in [-0.4, -0.2) is 17.5 Å². The lowest BCUT2D eigenvalue weighted by Gasteiger charge is -2.11. The molecule has 6 heteroatoms. The molecule has 2 aromatic rings. The minimum Gasteiger partial charge on any atom is -0.493 e. The fourth-order valence-corrected chi connectivity index (χ4v) is 2.30. The summed E-state index contributed by atoms with van der Waals surface area (Å²) in [7, 11) is 0. The zero-order valence-electron chi connectivity index (χ0n) is 10.8. The quantitative estimate of drug-likeness (QED) is 0.842. The van der Waals surface area contributed by atoms with E-state index < -0.39 is 0 Å². The number of aromatic nitrogens is 1. The number of hydrogen-bond acceptors (Lipinski definition) is 5. The van der Waals surface area contributed by atoms with Crippen LogP contribution in [0.1, 0.15) is 22.2 Å². The first-order valence-electron chi connectivity index (χ1n) is 5.87. The summed E-state index contributed by atoms with van der Waals surface area (Å²) in [6, 6.07) is 5.15. The van der Waals surface area contributed by atoms with Crippen LogP contribution in [-0.2, 0) is 0 Å². The Morgan fingerprint density at radius 3 is 2.95 bits per heavy atom. The van der Waals surface area contributed by atoms with Gasteiger partial charge in [-0.25, -0.2) is 4.98 Å². The molecule has 1 amide bonds. The zero-order chi connectivity index (χ0) is 13.8. The Hall–Kier alpha value is -2.08. The number of ether oxygens (including phenoxy) is 1. The average molecular weight is 277 g/mol. The number of nitrogens with two attached hydrogens (primary N) is 1. The first-order chi connectivity index (χ1) is 9.11. The predicted molar refractivity (Wildman–Crippen MR) is 76.8 cm³/mol. The summed E-state index contributed by atoms with van der Waals surface area (Å²) in [6.07, 6.45) is 1.71. The van der Waals surface area contributed by atoms with Gasteiger partial charge in [0.05, 0.1) is 6.61 Å². The maximum absolute atomic E-state index is 12.2. The Bertz CT molecular complexity index is 595. The molecule has 1 aromatic heterocycles. The van der Waals surface area contributed by atoms with Gasteiger partial charge in [0.25, 0.3) is 5.91 Å². The zero-order valence-corrected chi connectivity index (χ0v) is 11.6. The van der Waals surface area contributed by atoms with E-state index in [1.54, 1.807) is 24.4 Å². The Labute approximate surface area is 115 Å². The predicted octanol–water partition coefficient (Wildman–Crippen LogP) is 2.68. The fourth-order valence-electron chi connectivity index (χ4n) is 1.64. The van der Waals surface area contributed by atoms with Crippen LogP contribution in [0, 0.1) is 6.92 Å². The monoisotopic (exact) mass is 277 g/mol. The number of nitrogens with zero attached hydrogens (tertiary/aromatic N) is 1. The molecule has 0 aliphatic heterocycles. The Morgan fingerprint density at radius 2 is 2.32 bits per heavy atom. The maximum Gasteiger partial charge on any atom is 0.263 e. The van der Waals surface area contributed by atoms with Gasteiger partial charge in [0, 0.05) is 16.8 Å². The van der Waals surface area contributed by atoms with Crippen LogP contribution in [0.2, 0.25) is 0 Å². The molecule has 3 N–H and O–H groups in total. The normalized spacial score (nSPS) is 10.2. The van der Waals surface area contributed by atoms with Gasteiger partial charge in [-0.15, -0.1) is 11.3 Å². The molecule has 0 spiro atoms. The third-order valence-corrected chi connectivity index (χ3v) is 3.26. The second-order valence-corrected chi connectivity index (χ2v) is 5.12. The average Bonchev–Trinajstić information content (AvgIpc) is 2.75. The molecule has 0 bridgehead atoms. The molecule has 19 heavy (non-hydrogen) atoms. The lowest BCUT2D eigenvalue weighted by molar-refractivity contribution is 0.102. The molecule has 0 saturated heterocycles. The van der Waals surface area contributed by atoms with Crippen molar-refractivity contribution in [3.05, 3.63) is 34.8 Å².